The quantitative estimate of drug-likeness (QED) is 0.670. The largest absolute Gasteiger partial charge is 0.467 e. The molecule has 0 bridgehead atoms. The predicted molar refractivity (Wildman–Crippen MR) is 115 cm³/mol. The van der Waals surface area contributed by atoms with Gasteiger partial charge < -0.3 is 24.7 Å². The van der Waals surface area contributed by atoms with Gasteiger partial charge in [0.25, 0.3) is 0 Å². The summed E-state index contributed by atoms with van der Waals surface area (Å²) in [4.78, 5) is 27.3. The first kappa shape index (κ1) is 22.7. The lowest BCUT2D eigenvalue weighted by Gasteiger charge is -2.35. The van der Waals surface area contributed by atoms with E-state index in [1.807, 2.05) is 17.0 Å². The number of ether oxygens (including phenoxy) is 1. The van der Waals surface area contributed by atoms with Crippen molar-refractivity contribution in [3.05, 3.63) is 24.2 Å². The van der Waals surface area contributed by atoms with E-state index in [1.165, 1.54) is 19.3 Å². The van der Waals surface area contributed by atoms with Gasteiger partial charge in [-0.3, -0.25) is 4.79 Å². The fourth-order valence-corrected chi connectivity index (χ4v) is 4.34. The fraction of sp³-hybridized carbons (Fsp3) is 0.739. The summed E-state index contributed by atoms with van der Waals surface area (Å²) in [5.74, 6) is 1.64. The molecule has 2 heterocycles. The summed E-state index contributed by atoms with van der Waals surface area (Å²) in [5, 5.41) is 6.04. The number of nitrogens with one attached hydrogen (secondary N) is 2. The molecule has 1 aromatic heterocycles. The van der Waals surface area contributed by atoms with Gasteiger partial charge in [0.1, 0.15) is 11.8 Å². The van der Waals surface area contributed by atoms with Crippen LogP contribution in [-0.2, 0) is 9.53 Å². The molecule has 3 amide bonds. The average molecular weight is 420 g/mol. The Hall–Kier alpha value is -2.02. The molecule has 1 atom stereocenters. The molecule has 1 aliphatic carbocycles. The molecule has 0 spiro atoms. The predicted octanol–water partition coefficient (Wildman–Crippen LogP) is 3.86. The van der Waals surface area contributed by atoms with E-state index in [0.29, 0.717) is 30.8 Å². The Morgan fingerprint density at radius 1 is 1.13 bits per heavy atom. The minimum absolute atomic E-state index is 0.0780. The molecule has 30 heavy (non-hydrogen) atoms. The highest BCUT2D eigenvalue weighted by Gasteiger charge is 2.30. The Morgan fingerprint density at radius 2 is 1.87 bits per heavy atom. The number of hydrogen-bond donors (Lipinski definition) is 2. The van der Waals surface area contributed by atoms with Crippen LogP contribution >= 0.6 is 0 Å². The normalized spacial score (nSPS) is 19.6. The molecule has 7 nitrogen and oxygen atoms in total. The van der Waals surface area contributed by atoms with Crippen molar-refractivity contribution in [2.24, 2.45) is 11.8 Å². The number of piperidine rings is 1. The zero-order valence-corrected chi connectivity index (χ0v) is 18.4. The van der Waals surface area contributed by atoms with Crippen LogP contribution in [0.4, 0.5) is 4.79 Å². The SMILES string of the molecule is CC(C)COCC(NC(=O)NC1CCN(C(=O)C2CCCCC2)CC1)c1ccco1. The van der Waals surface area contributed by atoms with Crippen LogP contribution in [0.2, 0.25) is 0 Å². The lowest BCUT2D eigenvalue weighted by Crippen LogP contribution is -2.51. The lowest BCUT2D eigenvalue weighted by molar-refractivity contribution is -0.137. The van der Waals surface area contributed by atoms with E-state index in [2.05, 4.69) is 24.5 Å². The number of rotatable bonds is 8. The van der Waals surface area contributed by atoms with Gasteiger partial charge in [0.2, 0.25) is 5.91 Å². The van der Waals surface area contributed by atoms with Crippen molar-refractivity contribution in [2.45, 2.75) is 70.9 Å². The van der Waals surface area contributed by atoms with E-state index in [9.17, 15) is 9.59 Å². The van der Waals surface area contributed by atoms with Crippen LogP contribution in [0.5, 0.6) is 0 Å². The first-order valence-corrected chi connectivity index (χ1v) is 11.5. The molecule has 2 N–H and O–H groups in total. The standard InChI is InChI=1S/C23H37N3O4/c1-17(2)15-29-16-20(21-9-6-14-30-21)25-23(28)24-19-10-12-26(13-11-19)22(27)18-7-4-3-5-8-18/h6,9,14,17-20H,3-5,7-8,10-13,15-16H2,1-2H3,(H2,24,25,28). The summed E-state index contributed by atoms with van der Waals surface area (Å²) in [6, 6.07) is 3.19. The molecule has 1 saturated heterocycles. The molecule has 0 radical (unpaired) electrons. The maximum Gasteiger partial charge on any atom is 0.315 e. The minimum Gasteiger partial charge on any atom is -0.467 e. The summed E-state index contributed by atoms with van der Waals surface area (Å²) in [6.07, 6.45) is 8.86. The highest BCUT2D eigenvalue weighted by molar-refractivity contribution is 5.79. The Kier molecular flexibility index (Phi) is 8.61. The second kappa shape index (κ2) is 11.4. The summed E-state index contributed by atoms with van der Waals surface area (Å²) in [5.41, 5.74) is 0. The summed E-state index contributed by atoms with van der Waals surface area (Å²) < 4.78 is 11.2. The van der Waals surface area contributed by atoms with E-state index < -0.39 is 0 Å². The zero-order valence-electron chi connectivity index (χ0n) is 18.4. The smallest absolute Gasteiger partial charge is 0.315 e. The lowest BCUT2D eigenvalue weighted by atomic mass is 9.87. The molecule has 2 fully saturated rings. The van der Waals surface area contributed by atoms with Gasteiger partial charge in [0.15, 0.2) is 0 Å². The summed E-state index contributed by atoms with van der Waals surface area (Å²) in [7, 11) is 0. The van der Waals surface area contributed by atoms with Crippen LogP contribution in [0.1, 0.15) is 70.6 Å². The molecule has 2 aliphatic rings. The molecule has 7 heteroatoms. The highest BCUT2D eigenvalue weighted by Crippen LogP contribution is 2.26. The van der Waals surface area contributed by atoms with Gasteiger partial charge >= 0.3 is 6.03 Å². The van der Waals surface area contributed by atoms with Gasteiger partial charge in [-0.05, 0) is 43.7 Å². The Bertz CT molecular complexity index is 647. The summed E-state index contributed by atoms with van der Waals surface area (Å²) in [6.45, 7) is 6.63. The first-order chi connectivity index (χ1) is 14.5. The number of urea groups is 1. The third-order valence-corrected chi connectivity index (χ3v) is 6.02. The maximum atomic E-state index is 12.7. The number of furan rings is 1. The van der Waals surface area contributed by atoms with Crippen molar-refractivity contribution in [2.75, 3.05) is 26.3 Å². The number of likely N-dealkylation sites (tertiary alicyclic amines) is 1. The average Bonchev–Trinajstić information content (AvgIpc) is 3.28. The van der Waals surface area contributed by atoms with Gasteiger partial charge in [-0.2, -0.15) is 0 Å². The van der Waals surface area contributed by atoms with Crippen molar-refractivity contribution in [3.63, 3.8) is 0 Å². The topological polar surface area (TPSA) is 83.8 Å². The van der Waals surface area contributed by atoms with Crippen LogP contribution in [0.25, 0.3) is 0 Å². The molecule has 1 aliphatic heterocycles. The molecular formula is C23H37N3O4. The van der Waals surface area contributed by atoms with Crippen LogP contribution in [-0.4, -0.2) is 49.2 Å². The first-order valence-electron chi connectivity index (χ1n) is 11.5. The Morgan fingerprint density at radius 3 is 2.50 bits per heavy atom. The molecule has 1 unspecified atom stereocenters. The van der Waals surface area contributed by atoms with Gasteiger partial charge in [-0.25, -0.2) is 4.79 Å². The van der Waals surface area contributed by atoms with Gasteiger partial charge in [-0.15, -0.1) is 0 Å². The van der Waals surface area contributed by atoms with Crippen molar-refractivity contribution < 1.29 is 18.7 Å². The van der Waals surface area contributed by atoms with E-state index >= 15 is 0 Å². The third-order valence-electron chi connectivity index (χ3n) is 6.02. The van der Waals surface area contributed by atoms with Crippen molar-refractivity contribution >= 4 is 11.9 Å². The van der Waals surface area contributed by atoms with Crippen molar-refractivity contribution in [1.82, 2.24) is 15.5 Å². The molecular weight excluding hydrogens is 382 g/mol. The van der Waals surface area contributed by atoms with Gasteiger partial charge in [-0.1, -0.05) is 33.1 Å². The number of carbonyl (C=O) groups excluding carboxylic acids is 2. The molecule has 3 rings (SSSR count). The van der Waals surface area contributed by atoms with E-state index in [0.717, 1.165) is 38.8 Å². The second-order valence-corrected chi connectivity index (χ2v) is 9.05. The molecule has 0 aromatic carbocycles. The van der Waals surface area contributed by atoms with E-state index in [-0.39, 0.29) is 24.0 Å². The van der Waals surface area contributed by atoms with Crippen molar-refractivity contribution in [3.8, 4) is 0 Å². The Labute approximate surface area is 179 Å². The minimum atomic E-state index is -0.327. The number of amides is 3. The van der Waals surface area contributed by atoms with Crippen LogP contribution in [0.15, 0.2) is 22.8 Å². The van der Waals surface area contributed by atoms with Crippen molar-refractivity contribution in [1.29, 1.82) is 0 Å². The van der Waals surface area contributed by atoms with E-state index in [1.54, 1.807) is 6.26 Å². The number of hydrogen-bond acceptors (Lipinski definition) is 4. The summed E-state index contributed by atoms with van der Waals surface area (Å²) >= 11 is 0. The number of nitrogens with zero attached hydrogens (tertiary/aromatic N) is 1. The van der Waals surface area contributed by atoms with Crippen LogP contribution in [0.3, 0.4) is 0 Å². The van der Waals surface area contributed by atoms with Gasteiger partial charge in [0, 0.05) is 31.7 Å². The molecule has 1 saturated carbocycles. The van der Waals surface area contributed by atoms with Crippen LogP contribution in [0, 0.1) is 11.8 Å². The third kappa shape index (κ3) is 6.76. The zero-order chi connectivity index (χ0) is 21.3. The van der Waals surface area contributed by atoms with Crippen LogP contribution < -0.4 is 10.6 Å². The number of carbonyl (C=O) groups is 2. The van der Waals surface area contributed by atoms with E-state index in [4.69, 9.17) is 9.15 Å². The van der Waals surface area contributed by atoms with Gasteiger partial charge in [0.05, 0.1) is 12.9 Å². The molecule has 1 aromatic rings. The maximum absolute atomic E-state index is 12.7. The highest BCUT2D eigenvalue weighted by atomic mass is 16.5. The second-order valence-electron chi connectivity index (χ2n) is 9.05. The molecule has 168 valence electrons. The monoisotopic (exact) mass is 419 g/mol. The Balaban J connectivity index is 1.43. The fourth-order valence-electron chi connectivity index (χ4n) is 4.34.